The summed E-state index contributed by atoms with van der Waals surface area (Å²) >= 11 is 0. The predicted molar refractivity (Wildman–Crippen MR) is 78.1 cm³/mol. The first-order valence-corrected chi connectivity index (χ1v) is 7.07. The highest BCUT2D eigenvalue weighted by atomic mass is 16.5. The predicted octanol–water partition coefficient (Wildman–Crippen LogP) is 2.32. The average Bonchev–Trinajstić information content (AvgIpc) is 3.16. The van der Waals surface area contributed by atoms with E-state index in [1.54, 1.807) is 7.11 Å². The van der Waals surface area contributed by atoms with Crippen LogP contribution >= 0.6 is 0 Å². The number of hydrogen-bond donors (Lipinski definition) is 2. The lowest BCUT2D eigenvalue weighted by Gasteiger charge is -2.10. The van der Waals surface area contributed by atoms with Crippen molar-refractivity contribution in [1.29, 1.82) is 0 Å². The lowest BCUT2D eigenvalue weighted by atomic mass is 10.0. The van der Waals surface area contributed by atoms with Gasteiger partial charge in [0.2, 0.25) is 5.89 Å². The Bertz CT molecular complexity index is 590. The summed E-state index contributed by atoms with van der Waals surface area (Å²) in [5.41, 5.74) is 0.983. The van der Waals surface area contributed by atoms with Gasteiger partial charge in [0.15, 0.2) is 0 Å². The van der Waals surface area contributed by atoms with E-state index in [-0.39, 0.29) is 12.0 Å². The Morgan fingerprint density at radius 2 is 2.05 bits per heavy atom. The minimum Gasteiger partial charge on any atom is -0.497 e. The Balaban J connectivity index is 1.57. The molecule has 0 spiro atoms. The number of ether oxygens (including phenoxy) is 1. The van der Waals surface area contributed by atoms with Crippen LogP contribution in [-0.4, -0.2) is 35.6 Å². The average molecular weight is 289 g/mol. The molecule has 0 radical (unpaired) electrons. The molecule has 1 aliphatic rings. The summed E-state index contributed by atoms with van der Waals surface area (Å²) in [6.07, 6.45) is 3.13. The summed E-state index contributed by atoms with van der Waals surface area (Å²) in [7, 11) is 1.63. The summed E-state index contributed by atoms with van der Waals surface area (Å²) in [6, 6.07) is 7.87. The van der Waals surface area contributed by atoms with Gasteiger partial charge in [0.25, 0.3) is 0 Å². The Morgan fingerprint density at radius 1 is 1.29 bits per heavy atom. The Hall–Kier alpha value is -2.08. The summed E-state index contributed by atoms with van der Waals surface area (Å²) in [4.78, 5) is 0. The van der Waals surface area contributed by atoms with Crippen LogP contribution in [0.4, 0.5) is 6.01 Å². The van der Waals surface area contributed by atoms with Crippen molar-refractivity contribution in [3.8, 4) is 17.2 Å². The second kappa shape index (κ2) is 5.73. The maximum absolute atomic E-state index is 9.26. The molecule has 1 aromatic heterocycles. The van der Waals surface area contributed by atoms with Gasteiger partial charge in [0, 0.05) is 18.7 Å². The quantitative estimate of drug-likeness (QED) is 0.814. The number of aliphatic hydroxyl groups excluding tert-OH is 1. The fourth-order valence-corrected chi connectivity index (χ4v) is 2.24. The molecule has 1 heterocycles. The van der Waals surface area contributed by atoms with Crippen LogP contribution < -0.4 is 10.1 Å². The van der Waals surface area contributed by atoms with Crippen LogP contribution in [0.15, 0.2) is 28.7 Å². The molecule has 0 aliphatic heterocycles. The van der Waals surface area contributed by atoms with Gasteiger partial charge in [0.1, 0.15) is 5.75 Å². The van der Waals surface area contributed by atoms with Crippen LogP contribution in [0.1, 0.15) is 19.3 Å². The SMILES string of the molecule is COc1ccc(-c2nnc(NCCC3(CO)CC3)o2)cc1. The molecular formula is C15H19N3O3. The largest absolute Gasteiger partial charge is 0.497 e. The molecule has 112 valence electrons. The normalized spacial score (nSPS) is 15.7. The Morgan fingerprint density at radius 3 is 2.67 bits per heavy atom. The van der Waals surface area contributed by atoms with Gasteiger partial charge in [-0.2, -0.15) is 0 Å². The summed E-state index contributed by atoms with van der Waals surface area (Å²) < 4.78 is 10.7. The van der Waals surface area contributed by atoms with E-state index in [1.165, 1.54) is 0 Å². The second-order valence-electron chi connectivity index (χ2n) is 5.48. The van der Waals surface area contributed by atoms with E-state index >= 15 is 0 Å². The van der Waals surface area contributed by atoms with E-state index < -0.39 is 0 Å². The van der Waals surface area contributed by atoms with Crippen LogP contribution in [0.3, 0.4) is 0 Å². The van der Waals surface area contributed by atoms with Crippen LogP contribution in [0.2, 0.25) is 0 Å². The molecule has 6 heteroatoms. The van der Waals surface area contributed by atoms with Gasteiger partial charge in [-0.1, -0.05) is 5.10 Å². The number of anilines is 1. The number of nitrogens with zero attached hydrogens (tertiary/aromatic N) is 2. The zero-order chi connectivity index (χ0) is 14.7. The molecule has 2 aromatic rings. The molecule has 0 amide bonds. The van der Waals surface area contributed by atoms with Gasteiger partial charge >= 0.3 is 6.01 Å². The van der Waals surface area contributed by atoms with E-state index in [0.29, 0.717) is 11.9 Å². The summed E-state index contributed by atoms with van der Waals surface area (Å²) in [5.74, 6) is 1.26. The molecule has 21 heavy (non-hydrogen) atoms. The highest BCUT2D eigenvalue weighted by Crippen LogP contribution is 2.47. The Kier molecular flexibility index (Phi) is 3.79. The lowest BCUT2D eigenvalue weighted by Crippen LogP contribution is -2.13. The first-order valence-electron chi connectivity index (χ1n) is 7.07. The molecule has 1 fully saturated rings. The van der Waals surface area contributed by atoms with Crippen molar-refractivity contribution in [3.63, 3.8) is 0 Å². The van der Waals surface area contributed by atoms with Gasteiger partial charge in [-0.05, 0) is 48.9 Å². The number of aromatic nitrogens is 2. The number of nitrogens with one attached hydrogen (secondary N) is 1. The number of aliphatic hydroxyl groups is 1. The summed E-state index contributed by atoms with van der Waals surface area (Å²) in [5, 5.41) is 20.4. The van der Waals surface area contributed by atoms with Crippen molar-refractivity contribution in [2.75, 3.05) is 25.6 Å². The molecule has 1 aromatic carbocycles. The standard InChI is InChI=1S/C15H19N3O3/c1-20-12-4-2-11(3-5-12)13-17-18-14(21-13)16-9-8-15(10-19)6-7-15/h2-5,19H,6-10H2,1H3,(H,16,18). The van der Waals surface area contributed by atoms with E-state index in [4.69, 9.17) is 9.15 Å². The van der Waals surface area contributed by atoms with E-state index in [0.717, 1.165) is 37.1 Å². The van der Waals surface area contributed by atoms with Gasteiger partial charge in [-0.3, -0.25) is 0 Å². The minimum absolute atomic E-state index is 0.131. The van der Waals surface area contributed by atoms with Crippen molar-refractivity contribution in [1.82, 2.24) is 10.2 Å². The molecule has 2 N–H and O–H groups in total. The van der Waals surface area contributed by atoms with Crippen molar-refractivity contribution < 1.29 is 14.3 Å². The fraction of sp³-hybridized carbons (Fsp3) is 0.467. The molecule has 0 bridgehead atoms. The third-order valence-corrected chi connectivity index (χ3v) is 3.99. The topological polar surface area (TPSA) is 80.4 Å². The van der Waals surface area contributed by atoms with Crippen molar-refractivity contribution in [2.45, 2.75) is 19.3 Å². The van der Waals surface area contributed by atoms with Gasteiger partial charge in [0.05, 0.1) is 7.11 Å². The van der Waals surface area contributed by atoms with E-state index in [9.17, 15) is 5.11 Å². The number of rotatable bonds is 7. The maximum atomic E-state index is 9.26. The van der Waals surface area contributed by atoms with Crippen LogP contribution in [-0.2, 0) is 0 Å². The number of benzene rings is 1. The monoisotopic (exact) mass is 289 g/mol. The molecule has 1 aliphatic carbocycles. The zero-order valence-corrected chi connectivity index (χ0v) is 12.0. The maximum Gasteiger partial charge on any atom is 0.315 e. The first-order chi connectivity index (χ1) is 10.2. The van der Waals surface area contributed by atoms with Crippen molar-refractivity contribution in [3.05, 3.63) is 24.3 Å². The smallest absolute Gasteiger partial charge is 0.315 e. The highest BCUT2D eigenvalue weighted by molar-refractivity contribution is 5.54. The lowest BCUT2D eigenvalue weighted by molar-refractivity contribution is 0.206. The number of hydrogen-bond acceptors (Lipinski definition) is 6. The molecule has 0 atom stereocenters. The van der Waals surface area contributed by atoms with E-state index in [2.05, 4.69) is 15.5 Å². The molecule has 0 saturated heterocycles. The van der Waals surface area contributed by atoms with Crippen molar-refractivity contribution >= 4 is 6.01 Å². The van der Waals surface area contributed by atoms with Gasteiger partial charge < -0.3 is 19.6 Å². The van der Waals surface area contributed by atoms with Crippen LogP contribution in [0.25, 0.3) is 11.5 Å². The molecule has 1 saturated carbocycles. The van der Waals surface area contributed by atoms with Crippen LogP contribution in [0.5, 0.6) is 5.75 Å². The molecule has 0 unspecified atom stereocenters. The van der Waals surface area contributed by atoms with E-state index in [1.807, 2.05) is 24.3 Å². The molecular weight excluding hydrogens is 270 g/mol. The fourth-order valence-electron chi connectivity index (χ4n) is 2.24. The number of methoxy groups -OCH3 is 1. The molecule has 3 rings (SSSR count). The van der Waals surface area contributed by atoms with Gasteiger partial charge in [-0.15, -0.1) is 5.10 Å². The molecule has 6 nitrogen and oxygen atoms in total. The Labute approximate surface area is 123 Å². The minimum atomic E-state index is 0.131. The van der Waals surface area contributed by atoms with Crippen LogP contribution in [0, 0.1) is 5.41 Å². The van der Waals surface area contributed by atoms with Crippen molar-refractivity contribution in [2.24, 2.45) is 5.41 Å². The first kappa shape index (κ1) is 13.9. The second-order valence-corrected chi connectivity index (χ2v) is 5.48. The highest BCUT2D eigenvalue weighted by Gasteiger charge is 2.41. The van der Waals surface area contributed by atoms with Gasteiger partial charge in [-0.25, -0.2) is 0 Å². The third kappa shape index (κ3) is 3.16. The summed E-state index contributed by atoms with van der Waals surface area (Å²) in [6.45, 7) is 0.987. The third-order valence-electron chi connectivity index (χ3n) is 3.99. The zero-order valence-electron chi connectivity index (χ0n) is 12.0.